The first kappa shape index (κ1) is 19.0. The van der Waals surface area contributed by atoms with Gasteiger partial charge in [0.25, 0.3) is 11.8 Å². The van der Waals surface area contributed by atoms with Crippen LogP contribution in [-0.4, -0.2) is 33.1 Å². The van der Waals surface area contributed by atoms with Crippen molar-refractivity contribution >= 4 is 68.9 Å². The fraction of sp³-hybridized carbons (Fsp3) is 0.0500. The highest BCUT2D eigenvalue weighted by molar-refractivity contribution is 8.27. The molecule has 0 saturated carbocycles. The Morgan fingerprint density at radius 3 is 2.45 bits per heavy atom. The van der Waals surface area contributed by atoms with Crippen LogP contribution < -0.4 is 9.80 Å². The van der Waals surface area contributed by atoms with E-state index in [4.69, 9.17) is 12.2 Å². The Morgan fingerprint density at radius 1 is 1.03 bits per heavy atom. The van der Waals surface area contributed by atoms with Crippen molar-refractivity contribution in [2.45, 2.75) is 6.92 Å². The number of carboxylic acid groups (broad SMARTS) is 1. The summed E-state index contributed by atoms with van der Waals surface area (Å²) in [6.45, 7) is 1.28. The second kappa shape index (κ2) is 6.94. The molecule has 9 heteroatoms. The van der Waals surface area contributed by atoms with Crippen LogP contribution in [0.2, 0.25) is 0 Å². The lowest BCUT2D eigenvalue weighted by Gasteiger charge is -2.15. The number of carboxylic acids is 1. The molecule has 0 bridgehead atoms. The van der Waals surface area contributed by atoms with Gasteiger partial charge in [0.15, 0.2) is 4.32 Å². The zero-order valence-corrected chi connectivity index (χ0v) is 16.5. The molecule has 2 aromatic rings. The molecule has 144 valence electrons. The number of fused-ring (bicyclic) bond motifs is 1. The molecule has 2 aliphatic heterocycles. The van der Waals surface area contributed by atoms with Crippen LogP contribution in [0, 0.1) is 0 Å². The lowest BCUT2D eigenvalue weighted by atomic mass is 10.1. The van der Waals surface area contributed by atoms with Gasteiger partial charge in [0, 0.05) is 12.5 Å². The van der Waals surface area contributed by atoms with Gasteiger partial charge in [0.2, 0.25) is 5.91 Å². The van der Waals surface area contributed by atoms with Crippen molar-refractivity contribution in [3.8, 4) is 0 Å². The third-order valence-electron chi connectivity index (χ3n) is 4.49. The lowest BCUT2D eigenvalue weighted by molar-refractivity contribution is -0.122. The number of thioether (sulfide) groups is 1. The number of carbonyl (C=O) groups is 4. The van der Waals surface area contributed by atoms with Gasteiger partial charge in [-0.05, 0) is 24.3 Å². The van der Waals surface area contributed by atoms with Crippen LogP contribution in [0.5, 0.6) is 0 Å². The number of hydrogen-bond donors (Lipinski definition) is 1. The highest BCUT2D eigenvalue weighted by atomic mass is 32.2. The van der Waals surface area contributed by atoms with Crippen LogP contribution in [0.1, 0.15) is 22.8 Å². The van der Waals surface area contributed by atoms with Gasteiger partial charge in [0.1, 0.15) is 0 Å². The molecule has 29 heavy (non-hydrogen) atoms. The molecule has 1 fully saturated rings. The smallest absolute Gasteiger partial charge is 0.335 e. The van der Waals surface area contributed by atoms with E-state index in [1.165, 1.54) is 30.0 Å². The summed E-state index contributed by atoms with van der Waals surface area (Å²) in [5.41, 5.74) is 1.31. The highest BCUT2D eigenvalue weighted by Crippen LogP contribution is 2.45. The van der Waals surface area contributed by atoms with E-state index in [0.29, 0.717) is 16.9 Å². The Morgan fingerprint density at radius 2 is 1.76 bits per heavy atom. The average Bonchev–Trinajstić information content (AvgIpc) is 3.13. The SMILES string of the molecule is CC(=O)N1C(=O)/C(=C2/SC(=S)N(c3cccc(C(=O)O)c3)C2=O)c2ccccc21. The highest BCUT2D eigenvalue weighted by Gasteiger charge is 2.43. The number of aromatic carboxylic acids is 1. The Hall–Kier alpha value is -3.30. The first-order valence-corrected chi connectivity index (χ1v) is 9.62. The second-order valence-electron chi connectivity index (χ2n) is 6.24. The summed E-state index contributed by atoms with van der Waals surface area (Å²) in [4.78, 5) is 51.7. The van der Waals surface area contributed by atoms with Crippen molar-refractivity contribution in [3.63, 3.8) is 0 Å². The van der Waals surface area contributed by atoms with Gasteiger partial charge in [-0.2, -0.15) is 0 Å². The number of hydrogen-bond acceptors (Lipinski definition) is 6. The number of benzene rings is 2. The van der Waals surface area contributed by atoms with E-state index >= 15 is 0 Å². The lowest BCUT2D eigenvalue weighted by Crippen LogP contribution is -2.32. The van der Waals surface area contributed by atoms with Crippen molar-refractivity contribution in [1.29, 1.82) is 0 Å². The number of anilines is 2. The van der Waals surface area contributed by atoms with Gasteiger partial charge in [-0.3, -0.25) is 19.3 Å². The van der Waals surface area contributed by atoms with Gasteiger partial charge in [0.05, 0.1) is 27.4 Å². The van der Waals surface area contributed by atoms with Crippen molar-refractivity contribution in [2.75, 3.05) is 9.80 Å². The maximum Gasteiger partial charge on any atom is 0.335 e. The third kappa shape index (κ3) is 2.95. The Kier molecular flexibility index (Phi) is 4.56. The third-order valence-corrected chi connectivity index (χ3v) is 5.87. The summed E-state index contributed by atoms with van der Waals surface area (Å²) in [6, 6.07) is 12.5. The summed E-state index contributed by atoms with van der Waals surface area (Å²) in [7, 11) is 0. The van der Waals surface area contributed by atoms with Gasteiger partial charge in [-0.15, -0.1) is 0 Å². The predicted molar refractivity (Wildman–Crippen MR) is 113 cm³/mol. The number of amides is 3. The Balaban J connectivity index is 1.84. The number of nitrogens with zero attached hydrogens (tertiary/aromatic N) is 2. The molecule has 0 aromatic heterocycles. The van der Waals surface area contributed by atoms with Crippen LogP contribution >= 0.6 is 24.0 Å². The van der Waals surface area contributed by atoms with Crippen molar-refractivity contribution in [2.24, 2.45) is 0 Å². The molecule has 3 amide bonds. The molecular weight excluding hydrogens is 412 g/mol. The minimum absolute atomic E-state index is 0.00856. The molecule has 0 radical (unpaired) electrons. The van der Waals surface area contributed by atoms with E-state index in [1.54, 1.807) is 30.3 Å². The van der Waals surface area contributed by atoms with Crippen LogP contribution in [0.25, 0.3) is 5.57 Å². The standard InChI is InChI=1S/C20H12N2O5S2/c1-10(23)21-14-8-3-2-7-13(14)15(17(21)24)16-18(25)22(20(28)29-16)12-6-4-5-11(9-12)19(26)27/h2-9H,1H3,(H,26,27)/b16-15+. The normalized spacial score (nSPS) is 18.4. The molecule has 1 saturated heterocycles. The summed E-state index contributed by atoms with van der Waals surface area (Å²) < 4.78 is 0.173. The van der Waals surface area contributed by atoms with Gasteiger partial charge < -0.3 is 5.11 Å². The Labute approximate surface area is 174 Å². The fourth-order valence-corrected chi connectivity index (χ4v) is 4.64. The van der Waals surface area contributed by atoms with Crippen LogP contribution in [0.3, 0.4) is 0 Å². The quantitative estimate of drug-likeness (QED) is 0.585. The van der Waals surface area contributed by atoms with Crippen LogP contribution in [-0.2, 0) is 14.4 Å². The fourth-order valence-electron chi connectivity index (χ4n) is 3.27. The maximum atomic E-state index is 13.2. The number of carbonyl (C=O) groups excluding carboxylic acids is 3. The molecule has 7 nitrogen and oxygen atoms in total. The van der Waals surface area contributed by atoms with Gasteiger partial charge in [-0.25, -0.2) is 9.69 Å². The molecule has 4 rings (SSSR count). The van der Waals surface area contributed by atoms with Crippen LogP contribution in [0.4, 0.5) is 11.4 Å². The van der Waals surface area contributed by atoms with E-state index in [-0.39, 0.29) is 20.4 Å². The Bertz CT molecular complexity index is 1170. The van der Waals surface area contributed by atoms with Crippen molar-refractivity contribution in [3.05, 3.63) is 64.6 Å². The largest absolute Gasteiger partial charge is 0.478 e. The number of thiocarbonyl (C=S) groups is 1. The monoisotopic (exact) mass is 424 g/mol. The summed E-state index contributed by atoms with van der Waals surface area (Å²) >= 11 is 6.28. The summed E-state index contributed by atoms with van der Waals surface area (Å²) in [5, 5.41) is 9.20. The van der Waals surface area contributed by atoms with Crippen LogP contribution in [0.15, 0.2) is 53.4 Å². The topological polar surface area (TPSA) is 95.0 Å². The molecule has 0 spiro atoms. The zero-order valence-electron chi connectivity index (χ0n) is 14.9. The molecule has 0 aliphatic carbocycles. The zero-order chi connectivity index (χ0) is 20.9. The maximum absolute atomic E-state index is 13.2. The van der Waals surface area contributed by atoms with Crippen molar-refractivity contribution in [1.82, 2.24) is 0 Å². The van der Waals surface area contributed by atoms with E-state index in [0.717, 1.165) is 16.7 Å². The number of imide groups is 1. The van der Waals surface area contributed by atoms with E-state index < -0.39 is 23.7 Å². The molecular formula is C20H12N2O5S2. The van der Waals surface area contributed by atoms with Gasteiger partial charge in [-0.1, -0.05) is 48.2 Å². The minimum atomic E-state index is -1.13. The molecule has 0 atom stereocenters. The first-order valence-electron chi connectivity index (χ1n) is 8.39. The molecule has 0 unspecified atom stereocenters. The molecule has 2 aliphatic rings. The van der Waals surface area contributed by atoms with Crippen molar-refractivity contribution < 1.29 is 24.3 Å². The summed E-state index contributed by atoms with van der Waals surface area (Å²) in [6.07, 6.45) is 0. The summed E-state index contributed by atoms with van der Waals surface area (Å²) in [5.74, 6) is -2.71. The number of rotatable bonds is 2. The minimum Gasteiger partial charge on any atom is -0.478 e. The number of para-hydroxylation sites is 1. The van der Waals surface area contributed by atoms with E-state index in [2.05, 4.69) is 0 Å². The molecule has 2 aromatic carbocycles. The average molecular weight is 424 g/mol. The van der Waals surface area contributed by atoms with Gasteiger partial charge >= 0.3 is 5.97 Å². The second-order valence-corrected chi connectivity index (χ2v) is 7.89. The van der Waals surface area contributed by atoms with E-state index in [1.807, 2.05) is 0 Å². The molecule has 2 heterocycles. The predicted octanol–water partition coefficient (Wildman–Crippen LogP) is 3.05. The molecule has 1 N–H and O–H groups in total. The van der Waals surface area contributed by atoms with E-state index in [9.17, 15) is 24.3 Å². The first-order chi connectivity index (χ1) is 13.8.